The van der Waals surface area contributed by atoms with Gasteiger partial charge in [0.25, 0.3) is 0 Å². The van der Waals surface area contributed by atoms with Crippen molar-refractivity contribution in [2.24, 2.45) is 17.4 Å². The molecule has 0 radical (unpaired) electrons. The van der Waals surface area contributed by atoms with Crippen molar-refractivity contribution in [2.45, 2.75) is 76.8 Å². The van der Waals surface area contributed by atoms with E-state index in [1.165, 1.54) is 18.7 Å². The van der Waals surface area contributed by atoms with Crippen LogP contribution in [-0.2, 0) is 46.5 Å². The summed E-state index contributed by atoms with van der Waals surface area (Å²) in [5.74, 6) is -4.14. The molecular weight excluding hydrogens is 624 g/mol. The second-order valence-corrected chi connectivity index (χ2v) is 12.4. The Morgan fingerprint density at radius 2 is 1.30 bits per heavy atom. The third-order valence-electron chi connectivity index (χ3n) is 7.11. The van der Waals surface area contributed by atoms with Crippen molar-refractivity contribution in [3.05, 3.63) is 71.8 Å². The topological polar surface area (TPSA) is 212 Å². The van der Waals surface area contributed by atoms with Gasteiger partial charge in [-0.05, 0) is 42.4 Å². The first-order chi connectivity index (χ1) is 22.3. The molecule has 47 heavy (non-hydrogen) atoms. The fourth-order valence-electron chi connectivity index (χ4n) is 4.40. The second kappa shape index (κ2) is 19.9. The minimum absolute atomic E-state index is 0.0285. The largest absolute Gasteiger partial charge is 0.459 e. The van der Waals surface area contributed by atoms with Gasteiger partial charge in [-0.2, -0.15) is 11.8 Å². The number of nitrogens with two attached hydrogens (primary N) is 2. The van der Waals surface area contributed by atoms with Crippen LogP contribution in [-0.4, -0.2) is 77.7 Å². The molecule has 0 aliphatic carbocycles. The van der Waals surface area contributed by atoms with E-state index in [1.807, 2.05) is 30.5 Å². The van der Waals surface area contributed by atoms with Crippen LogP contribution in [0.25, 0.3) is 0 Å². The van der Waals surface area contributed by atoms with Gasteiger partial charge in [-0.1, -0.05) is 74.5 Å². The predicted molar refractivity (Wildman–Crippen MR) is 179 cm³/mol. The summed E-state index contributed by atoms with van der Waals surface area (Å²) in [6.45, 7) is 4.87. The Kier molecular flexibility index (Phi) is 16.4. The number of esters is 1. The molecule has 14 heteroatoms. The number of benzene rings is 2. The Labute approximate surface area is 279 Å². The summed E-state index contributed by atoms with van der Waals surface area (Å²) >= 11 is 1.50. The molecule has 2 aromatic carbocycles. The van der Waals surface area contributed by atoms with Crippen LogP contribution in [0.3, 0.4) is 0 Å². The molecule has 0 saturated heterocycles. The average molecular weight is 671 g/mol. The zero-order valence-corrected chi connectivity index (χ0v) is 28.0. The smallest absolute Gasteiger partial charge is 0.328 e. The Hall–Kier alpha value is -4.43. The van der Waals surface area contributed by atoms with Crippen LogP contribution < -0.4 is 32.7 Å². The maximum absolute atomic E-state index is 13.6. The third kappa shape index (κ3) is 13.8. The molecule has 5 amide bonds. The molecule has 0 aliphatic heterocycles. The van der Waals surface area contributed by atoms with Crippen molar-refractivity contribution in [1.82, 2.24) is 21.3 Å². The van der Waals surface area contributed by atoms with E-state index in [9.17, 15) is 28.8 Å². The van der Waals surface area contributed by atoms with Crippen LogP contribution in [0.5, 0.6) is 0 Å². The third-order valence-corrected chi connectivity index (χ3v) is 7.75. The summed E-state index contributed by atoms with van der Waals surface area (Å²) in [6.07, 6.45) is 1.78. The Morgan fingerprint density at radius 3 is 1.85 bits per heavy atom. The molecule has 0 bridgehead atoms. The van der Waals surface area contributed by atoms with E-state index in [1.54, 1.807) is 50.2 Å². The molecule has 0 heterocycles. The normalized spacial score (nSPS) is 14.1. The number of primary amides is 1. The number of amides is 5. The quantitative estimate of drug-likeness (QED) is 0.115. The number of ether oxygens (including phenoxy) is 1. The molecule has 0 saturated carbocycles. The molecular formula is C33H46N6O7S. The summed E-state index contributed by atoms with van der Waals surface area (Å²) in [5, 5.41) is 10.3. The summed E-state index contributed by atoms with van der Waals surface area (Å²) < 4.78 is 5.33. The van der Waals surface area contributed by atoms with E-state index >= 15 is 0 Å². The highest BCUT2D eigenvalue weighted by atomic mass is 32.2. The van der Waals surface area contributed by atoms with Crippen molar-refractivity contribution in [2.75, 3.05) is 12.0 Å². The average Bonchev–Trinajstić information content (AvgIpc) is 3.04. The van der Waals surface area contributed by atoms with Crippen LogP contribution in [0.15, 0.2) is 60.7 Å². The highest BCUT2D eigenvalue weighted by Crippen LogP contribution is 2.09. The maximum Gasteiger partial charge on any atom is 0.328 e. The molecule has 5 atom stereocenters. The van der Waals surface area contributed by atoms with Gasteiger partial charge in [0.15, 0.2) is 0 Å². The monoisotopic (exact) mass is 670 g/mol. The van der Waals surface area contributed by atoms with Crippen LogP contribution in [0.1, 0.15) is 44.7 Å². The van der Waals surface area contributed by atoms with E-state index in [4.69, 9.17) is 16.2 Å². The summed E-state index contributed by atoms with van der Waals surface area (Å²) in [4.78, 5) is 77.3. The lowest BCUT2D eigenvalue weighted by Gasteiger charge is -2.28. The molecule has 0 aromatic heterocycles. The highest BCUT2D eigenvalue weighted by molar-refractivity contribution is 7.98. The van der Waals surface area contributed by atoms with E-state index in [0.717, 1.165) is 11.1 Å². The van der Waals surface area contributed by atoms with Gasteiger partial charge in [0, 0.05) is 6.42 Å². The minimum Gasteiger partial charge on any atom is -0.459 e. The fourth-order valence-corrected chi connectivity index (χ4v) is 4.89. The lowest BCUT2D eigenvalue weighted by molar-refractivity contribution is -0.148. The summed E-state index contributed by atoms with van der Waals surface area (Å²) in [6, 6.07) is 12.4. The number of nitrogens with one attached hydrogen (secondary N) is 4. The number of rotatable bonds is 19. The minimum atomic E-state index is -1.37. The van der Waals surface area contributed by atoms with Gasteiger partial charge in [-0.25, -0.2) is 4.79 Å². The van der Waals surface area contributed by atoms with Crippen molar-refractivity contribution in [1.29, 1.82) is 0 Å². The van der Waals surface area contributed by atoms with E-state index in [0.29, 0.717) is 12.2 Å². The van der Waals surface area contributed by atoms with Crippen LogP contribution in [0.2, 0.25) is 0 Å². The lowest BCUT2D eigenvalue weighted by atomic mass is 10.00. The van der Waals surface area contributed by atoms with Crippen molar-refractivity contribution in [3.8, 4) is 0 Å². The molecule has 2 aromatic rings. The number of carbonyl (C=O) groups excluding carboxylic acids is 6. The zero-order chi connectivity index (χ0) is 34.9. The van der Waals surface area contributed by atoms with Gasteiger partial charge in [0.05, 0.1) is 12.5 Å². The van der Waals surface area contributed by atoms with Crippen molar-refractivity contribution >= 4 is 47.3 Å². The van der Waals surface area contributed by atoms with Crippen LogP contribution in [0, 0.1) is 5.92 Å². The fraction of sp³-hybridized carbons (Fsp3) is 0.455. The highest BCUT2D eigenvalue weighted by Gasteiger charge is 2.33. The number of carbonyl (C=O) groups is 6. The number of thioether (sulfide) groups is 1. The standard InChI is InChI=1S/C33H46N6O7S/c1-20(2)28(39-31(43)26(18-27(35)40)37-29(41)24(34)15-16-47-4)32(44)38-25(17-22-11-7-5-8-12-22)30(42)36-21(3)33(45)46-19-23-13-9-6-10-14-23/h5-14,20-21,24-26,28H,15-19,34H2,1-4H3,(H2,35,40)(H,36,42)(H,37,41)(H,38,44)(H,39,43)/t21-,24-,25-,26-,28-/m0/s1. The summed E-state index contributed by atoms with van der Waals surface area (Å²) in [5.41, 5.74) is 12.8. The first-order valence-corrected chi connectivity index (χ1v) is 16.7. The van der Waals surface area contributed by atoms with Crippen molar-refractivity contribution in [3.63, 3.8) is 0 Å². The van der Waals surface area contributed by atoms with E-state index in [-0.39, 0.29) is 13.0 Å². The summed E-state index contributed by atoms with van der Waals surface area (Å²) in [7, 11) is 0. The molecule has 0 aliphatic rings. The van der Waals surface area contributed by atoms with Crippen LogP contribution in [0.4, 0.5) is 0 Å². The van der Waals surface area contributed by atoms with Gasteiger partial charge in [0.1, 0.15) is 30.8 Å². The molecule has 0 spiro atoms. The van der Waals surface area contributed by atoms with E-state index < -0.39 is 78.1 Å². The lowest BCUT2D eigenvalue weighted by Crippen LogP contribution is -2.60. The molecule has 256 valence electrons. The van der Waals surface area contributed by atoms with Gasteiger partial charge < -0.3 is 37.5 Å². The predicted octanol–water partition coefficient (Wildman–Crippen LogP) is 0.543. The van der Waals surface area contributed by atoms with Crippen molar-refractivity contribution < 1.29 is 33.5 Å². The maximum atomic E-state index is 13.6. The molecule has 0 unspecified atom stereocenters. The van der Waals surface area contributed by atoms with Crippen LogP contribution >= 0.6 is 11.8 Å². The number of hydrogen-bond donors (Lipinski definition) is 6. The van der Waals surface area contributed by atoms with Gasteiger partial charge in [0.2, 0.25) is 29.5 Å². The Morgan fingerprint density at radius 1 is 0.745 bits per heavy atom. The SMILES string of the molecule is CSCC[C@H](N)C(=O)N[C@@H](CC(N)=O)C(=O)N[C@H](C(=O)N[C@@H](Cc1ccccc1)C(=O)N[C@@H](C)C(=O)OCc1ccccc1)C(C)C. The molecule has 8 N–H and O–H groups in total. The molecule has 13 nitrogen and oxygen atoms in total. The Bertz CT molecular complexity index is 1350. The van der Waals surface area contributed by atoms with Gasteiger partial charge in [-0.15, -0.1) is 0 Å². The molecule has 2 rings (SSSR count). The van der Waals surface area contributed by atoms with E-state index in [2.05, 4.69) is 21.3 Å². The Balaban J connectivity index is 2.17. The first kappa shape index (κ1) is 38.8. The second-order valence-electron chi connectivity index (χ2n) is 11.4. The van der Waals surface area contributed by atoms with Gasteiger partial charge in [-0.3, -0.25) is 24.0 Å². The zero-order valence-electron chi connectivity index (χ0n) is 27.2. The molecule has 0 fully saturated rings. The first-order valence-electron chi connectivity index (χ1n) is 15.3. The van der Waals surface area contributed by atoms with Gasteiger partial charge >= 0.3 is 5.97 Å². The number of hydrogen-bond acceptors (Lipinski definition) is 9.